The smallest absolute Gasteiger partial charge is 0.417 e. The van der Waals surface area contributed by atoms with Gasteiger partial charge in [0.25, 0.3) is 5.91 Å². The summed E-state index contributed by atoms with van der Waals surface area (Å²) in [5.41, 5.74) is -0.743. The van der Waals surface area contributed by atoms with Crippen molar-refractivity contribution >= 4 is 28.5 Å². The first-order chi connectivity index (χ1) is 15.7. The van der Waals surface area contributed by atoms with Gasteiger partial charge in [0.05, 0.1) is 33.8 Å². The summed E-state index contributed by atoms with van der Waals surface area (Å²) in [4.78, 5) is 24.2. The Morgan fingerprint density at radius 3 is 2.52 bits per heavy atom. The molecular formula is C23H12F3N3O4. The molecule has 33 heavy (non-hydrogen) atoms. The SMILES string of the molecule is N#Cc1ccc(NC(=O)c2onc3cc(-c4ccccc4C(F)(F)F)ccc23)c(C(=O)O)c1. The van der Waals surface area contributed by atoms with Crippen molar-refractivity contribution in [2.45, 2.75) is 6.18 Å². The van der Waals surface area contributed by atoms with E-state index in [9.17, 15) is 27.9 Å². The van der Waals surface area contributed by atoms with E-state index in [-0.39, 0.29) is 44.6 Å². The second-order valence-electron chi connectivity index (χ2n) is 6.92. The van der Waals surface area contributed by atoms with Crippen molar-refractivity contribution in [1.29, 1.82) is 5.26 Å². The van der Waals surface area contributed by atoms with Crippen LogP contribution in [0.15, 0.2) is 65.2 Å². The molecule has 0 fully saturated rings. The number of nitrogens with one attached hydrogen (secondary N) is 1. The minimum Gasteiger partial charge on any atom is -0.478 e. The van der Waals surface area contributed by atoms with Crippen molar-refractivity contribution < 1.29 is 32.4 Å². The normalized spacial score (nSPS) is 11.2. The molecule has 164 valence electrons. The Morgan fingerprint density at radius 1 is 1.06 bits per heavy atom. The van der Waals surface area contributed by atoms with Crippen LogP contribution in [-0.2, 0) is 6.18 Å². The first-order valence-electron chi connectivity index (χ1n) is 9.34. The van der Waals surface area contributed by atoms with E-state index in [0.717, 1.165) is 12.1 Å². The average Bonchev–Trinajstić information content (AvgIpc) is 3.22. The molecular weight excluding hydrogens is 439 g/mol. The van der Waals surface area contributed by atoms with Gasteiger partial charge in [0.15, 0.2) is 0 Å². The van der Waals surface area contributed by atoms with Crippen LogP contribution >= 0.6 is 0 Å². The van der Waals surface area contributed by atoms with Crippen LogP contribution in [0.5, 0.6) is 0 Å². The molecule has 0 atom stereocenters. The van der Waals surface area contributed by atoms with Gasteiger partial charge in [-0.15, -0.1) is 0 Å². The third-order valence-corrected chi connectivity index (χ3v) is 4.85. The predicted molar refractivity (Wildman–Crippen MR) is 111 cm³/mol. The van der Waals surface area contributed by atoms with Crippen molar-refractivity contribution in [3.8, 4) is 17.2 Å². The van der Waals surface area contributed by atoms with Gasteiger partial charge in [-0.2, -0.15) is 18.4 Å². The molecule has 2 N–H and O–H groups in total. The Balaban J connectivity index is 1.69. The number of carboxylic acid groups (broad SMARTS) is 1. The van der Waals surface area contributed by atoms with Gasteiger partial charge < -0.3 is 14.9 Å². The number of benzene rings is 3. The van der Waals surface area contributed by atoms with Gasteiger partial charge in [0.1, 0.15) is 5.52 Å². The molecule has 0 radical (unpaired) electrons. The lowest BCUT2D eigenvalue weighted by Gasteiger charge is -2.12. The van der Waals surface area contributed by atoms with Crippen molar-refractivity contribution in [1.82, 2.24) is 5.16 Å². The largest absolute Gasteiger partial charge is 0.478 e. The molecule has 0 aliphatic rings. The van der Waals surface area contributed by atoms with E-state index in [4.69, 9.17) is 9.78 Å². The molecule has 4 aromatic rings. The molecule has 1 aromatic heterocycles. The molecule has 3 aromatic carbocycles. The highest BCUT2D eigenvalue weighted by Gasteiger charge is 2.33. The Hall–Kier alpha value is -4.65. The van der Waals surface area contributed by atoms with Gasteiger partial charge >= 0.3 is 12.1 Å². The molecule has 0 aliphatic heterocycles. The highest BCUT2D eigenvalue weighted by molar-refractivity contribution is 6.12. The molecule has 1 amide bonds. The number of carbonyl (C=O) groups is 2. The summed E-state index contributed by atoms with van der Waals surface area (Å²) in [6.45, 7) is 0. The zero-order valence-electron chi connectivity index (χ0n) is 16.5. The number of anilines is 1. The lowest BCUT2D eigenvalue weighted by atomic mass is 9.98. The van der Waals surface area contributed by atoms with Crippen LogP contribution in [0.25, 0.3) is 22.0 Å². The number of alkyl halides is 3. The van der Waals surface area contributed by atoms with Gasteiger partial charge in [-0.3, -0.25) is 4.79 Å². The number of fused-ring (bicyclic) bond motifs is 1. The highest BCUT2D eigenvalue weighted by Crippen LogP contribution is 2.38. The summed E-state index contributed by atoms with van der Waals surface area (Å²) < 4.78 is 45.2. The van der Waals surface area contributed by atoms with E-state index in [1.165, 1.54) is 48.5 Å². The first-order valence-corrected chi connectivity index (χ1v) is 9.34. The van der Waals surface area contributed by atoms with E-state index in [2.05, 4.69) is 10.5 Å². The number of nitrogens with zero attached hydrogens (tertiary/aromatic N) is 2. The summed E-state index contributed by atoms with van der Waals surface area (Å²) in [5.74, 6) is -2.41. The number of carbonyl (C=O) groups excluding carboxylic acids is 1. The number of hydrogen-bond donors (Lipinski definition) is 2. The van der Waals surface area contributed by atoms with Gasteiger partial charge in [0.2, 0.25) is 5.76 Å². The first kappa shape index (κ1) is 21.6. The van der Waals surface area contributed by atoms with Crippen molar-refractivity contribution in [3.05, 3.63) is 83.1 Å². The minimum absolute atomic E-state index is 0.0513. The second kappa shape index (κ2) is 8.12. The van der Waals surface area contributed by atoms with Crippen LogP contribution in [0.2, 0.25) is 0 Å². The number of aromatic carboxylic acids is 1. The van der Waals surface area contributed by atoms with Crippen molar-refractivity contribution in [2.24, 2.45) is 0 Å². The summed E-state index contributed by atoms with van der Waals surface area (Å²) in [7, 11) is 0. The van der Waals surface area contributed by atoms with Gasteiger partial charge in [0, 0.05) is 0 Å². The maximum Gasteiger partial charge on any atom is 0.417 e. The van der Waals surface area contributed by atoms with E-state index < -0.39 is 23.6 Å². The van der Waals surface area contributed by atoms with E-state index in [1.807, 2.05) is 6.07 Å². The van der Waals surface area contributed by atoms with Crippen LogP contribution in [0.3, 0.4) is 0 Å². The Labute approximate surface area is 183 Å². The molecule has 10 heteroatoms. The number of halogens is 3. The fraction of sp³-hybridized carbons (Fsp3) is 0.0435. The third-order valence-electron chi connectivity index (χ3n) is 4.85. The van der Waals surface area contributed by atoms with Crippen molar-refractivity contribution in [3.63, 3.8) is 0 Å². The second-order valence-corrected chi connectivity index (χ2v) is 6.92. The van der Waals surface area contributed by atoms with Gasteiger partial charge in [-0.1, -0.05) is 29.4 Å². The number of rotatable bonds is 4. The zero-order chi connectivity index (χ0) is 23.8. The van der Waals surface area contributed by atoms with Crippen LogP contribution in [-0.4, -0.2) is 22.1 Å². The van der Waals surface area contributed by atoms with Gasteiger partial charge in [-0.05, 0) is 47.5 Å². The number of nitriles is 1. The average molecular weight is 451 g/mol. The molecule has 7 nitrogen and oxygen atoms in total. The monoisotopic (exact) mass is 451 g/mol. The quantitative estimate of drug-likeness (QED) is 0.433. The molecule has 0 saturated carbocycles. The molecule has 0 spiro atoms. The number of amides is 1. The standard InChI is InChI=1S/C23H12F3N3O4/c24-23(25,26)17-4-2-1-3-14(17)13-6-7-15-19(10-13)29-33-20(15)21(30)28-18-8-5-12(11-27)9-16(18)22(31)32/h1-10H,(H,28,30)(H,31,32). The maximum atomic E-state index is 13.4. The van der Waals surface area contributed by atoms with E-state index in [0.29, 0.717) is 0 Å². The molecule has 0 aliphatic carbocycles. The third kappa shape index (κ3) is 4.12. The predicted octanol–water partition coefficient (Wildman–Crippen LogP) is 5.34. The Bertz CT molecular complexity index is 1450. The molecule has 0 bridgehead atoms. The lowest BCUT2D eigenvalue weighted by Crippen LogP contribution is -2.14. The summed E-state index contributed by atoms with van der Waals surface area (Å²) >= 11 is 0. The molecule has 0 saturated heterocycles. The topological polar surface area (TPSA) is 116 Å². The highest BCUT2D eigenvalue weighted by atomic mass is 19.4. The zero-order valence-corrected chi connectivity index (χ0v) is 16.5. The summed E-state index contributed by atoms with van der Waals surface area (Å²) in [6.07, 6.45) is -4.55. The van der Waals surface area contributed by atoms with E-state index in [1.54, 1.807) is 0 Å². The van der Waals surface area contributed by atoms with Crippen LogP contribution in [0, 0.1) is 11.3 Å². The van der Waals surface area contributed by atoms with Gasteiger partial charge in [-0.25, -0.2) is 4.79 Å². The number of aromatic nitrogens is 1. The van der Waals surface area contributed by atoms with Crippen LogP contribution in [0.1, 0.15) is 32.0 Å². The maximum absolute atomic E-state index is 13.4. The molecule has 1 heterocycles. The van der Waals surface area contributed by atoms with Crippen LogP contribution < -0.4 is 5.32 Å². The minimum atomic E-state index is -4.55. The summed E-state index contributed by atoms with van der Waals surface area (Å²) in [6, 6.07) is 14.8. The Morgan fingerprint density at radius 2 is 1.82 bits per heavy atom. The fourth-order valence-corrected chi connectivity index (χ4v) is 3.34. The number of hydrogen-bond acceptors (Lipinski definition) is 5. The molecule has 0 unspecified atom stereocenters. The van der Waals surface area contributed by atoms with E-state index >= 15 is 0 Å². The Kier molecular flexibility index (Phi) is 5.31. The summed E-state index contributed by atoms with van der Waals surface area (Å²) in [5, 5.41) is 24.7. The molecule has 4 rings (SSSR count). The lowest BCUT2D eigenvalue weighted by molar-refractivity contribution is -0.137. The number of carboxylic acids is 1. The fourth-order valence-electron chi connectivity index (χ4n) is 3.34. The van der Waals surface area contributed by atoms with Crippen molar-refractivity contribution in [2.75, 3.05) is 5.32 Å². The van der Waals surface area contributed by atoms with Crippen LogP contribution in [0.4, 0.5) is 18.9 Å².